The largest absolute Gasteiger partial charge is 0.506 e. The highest BCUT2D eigenvalue weighted by molar-refractivity contribution is 7.16. The Balaban J connectivity index is 1.07. The molecule has 5 rings (SSSR count). The van der Waals surface area contributed by atoms with Gasteiger partial charge in [-0.1, -0.05) is 49.2 Å². The van der Waals surface area contributed by atoms with Gasteiger partial charge in [-0.15, -0.1) is 0 Å². The van der Waals surface area contributed by atoms with E-state index in [9.17, 15) is 14.7 Å². The number of aromatic amines is 1. The third-order valence-corrected chi connectivity index (χ3v) is 9.00. The van der Waals surface area contributed by atoms with Gasteiger partial charge in [0.1, 0.15) is 24.5 Å². The minimum atomic E-state index is -0.161. The van der Waals surface area contributed by atoms with Crippen LogP contribution in [-0.2, 0) is 17.6 Å². The van der Waals surface area contributed by atoms with Crippen LogP contribution >= 0.6 is 11.3 Å². The van der Waals surface area contributed by atoms with Crippen LogP contribution < -0.4 is 25.0 Å². The number of nitrogens with one attached hydrogen (secondary N) is 3. The van der Waals surface area contributed by atoms with E-state index >= 15 is 0 Å². The number of hydrogen-bond donors (Lipinski definition) is 4. The molecule has 1 saturated carbocycles. The predicted molar refractivity (Wildman–Crippen MR) is 163 cm³/mol. The molecule has 1 fully saturated rings. The van der Waals surface area contributed by atoms with Crippen molar-refractivity contribution in [2.45, 2.75) is 63.8 Å². The van der Waals surface area contributed by atoms with Crippen molar-refractivity contribution >= 4 is 27.5 Å². The summed E-state index contributed by atoms with van der Waals surface area (Å²) in [5, 5.41) is 17.0. The van der Waals surface area contributed by atoms with Crippen LogP contribution in [0.1, 0.15) is 56.1 Å². The molecule has 0 bridgehead atoms. The van der Waals surface area contributed by atoms with Gasteiger partial charge in [0.05, 0.1) is 4.70 Å². The highest BCUT2D eigenvalue weighted by Crippen LogP contribution is 2.31. The highest BCUT2D eigenvalue weighted by atomic mass is 32.1. The van der Waals surface area contributed by atoms with Crippen LogP contribution in [-0.4, -0.2) is 72.9 Å². The number of rotatable bonds is 13. The van der Waals surface area contributed by atoms with Gasteiger partial charge < -0.3 is 35.1 Å². The summed E-state index contributed by atoms with van der Waals surface area (Å²) in [6, 6.07) is 9.93. The van der Waals surface area contributed by atoms with Crippen molar-refractivity contribution < 1.29 is 19.4 Å². The number of benzene rings is 2. The van der Waals surface area contributed by atoms with Crippen LogP contribution in [0.15, 0.2) is 35.1 Å². The van der Waals surface area contributed by atoms with Crippen molar-refractivity contribution in [1.29, 1.82) is 0 Å². The molecule has 0 saturated heterocycles. The first-order valence-electron chi connectivity index (χ1n) is 15.0. The summed E-state index contributed by atoms with van der Waals surface area (Å²) in [5.74, 6) is 1.95. The van der Waals surface area contributed by atoms with Gasteiger partial charge in [0.25, 0.3) is 0 Å². The lowest BCUT2D eigenvalue weighted by molar-refractivity contribution is -0.133. The van der Waals surface area contributed by atoms with E-state index in [0.717, 1.165) is 78.4 Å². The first kappa shape index (κ1) is 29.4. The molecule has 0 radical (unpaired) electrons. The van der Waals surface area contributed by atoms with Gasteiger partial charge >= 0.3 is 4.87 Å². The Hall–Kier alpha value is -3.08. The normalized spacial score (nSPS) is 15.6. The summed E-state index contributed by atoms with van der Waals surface area (Å²) in [4.78, 5) is 29.9. The van der Waals surface area contributed by atoms with Gasteiger partial charge in [-0.3, -0.25) is 9.59 Å². The summed E-state index contributed by atoms with van der Waals surface area (Å²) in [6.07, 6.45) is 9.16. The second-order valence-electron chi connectivity index (χ2n) is 10.9. The molecule has 222 valence electrons. The van der Waals surface area contributed by atoms with E-state index in [1.165, 1.54) is 31.2 Å². The zero-order valence-corrected chi connectivity index (χ0v) is 24.5. The molecule has 1 aliphatic heterocycles. The van der Waals surface area contributed by atoms with Gasteiger partial charge in [-0.05, 0) is 68.1 Å². The van der Waals surface area contributed by atoms with Crippen LogP contribution in [0.3, 0.4) is 0 Å². The molecule has 1 amide bonds. The number of carbonyl (C=O) groups excluding carboxylic acids is 1. The fraction of sp³-hybridized carbons (Fsp3) is 0.548. The summed E-state index contributed by atoms with van der Waals surface area (Å²) < 4.78 is 12.1. The van der Waals surface area contributed by atoms with Crippen LogP contribution in [0.4, 0.5) is 0 Å². The Kier molecular flexibility index (Phi) is 10.5. The van der Waals surface area contributed by atoms with Crippen molar-refractivity contribution in [3.63, 3.8) is 0 Å². The van der Waals surface area contributed by atoms with Crippen LogP contribution in [0.5, 0.6) is 17.2 Å². The predicted octanol–water partition coefficient (Wildman–Crippen LogP) is 3.97. The molecule has 4 N–H and O–H groups in total. The number of fused-ring (bicyclic) bond motifs is 2. The van der Waals surface area contributed by atoms with E-state index in [1.807, 2.05) is 18.2 Å². The lowest BCUT2D eigenvalue weighted by atomic mass is 10.1. The molecule has 10 heteroatoms. The Bertz CT molecular complexity index is 1350. The second-order valence-corrected chi connectivity index (χ2v) is 11.9. The molecule has 0 atom stereocenters. The number of phenolic OH excluding ortho intramolecular Hbond substituents is 1. The number of thiazole rings is 1. The molecule has 0 unspecified atom stereocenters. The van der Waals surface area contributed by atoms with E-state index in [0.29, 0.717) is 44.3 Å². The fourth-order valence-corrected chi connectivity index (χ4v) is 6.74. The Labute approximate surface area is 245 Å². The van der Waals surface area contributed by atoms with E-state index in [2.05, 4.69) is 26.6 Å². The Morgan fingerprint density at radius 1 is 0.951 bits per heavy atom. The average molecular weight is 583 g/mol. The van der Waals surface area contributed by atoms with E-state index in [4.69, 9.17) is 9.47 Å². The maximum absolute atomic E-state index is 13.4. The van der Waals surface area contributed by atoms with E-state index in [-0.39, 0.29) is 16.5 Å². The number of H-pyrrole nitrogens is 1. The minimum Gasteiger partial charge on any atom is -0.506 e. The smallest absolute Gasteiger partial charge is 0.305 e. The molecular weight excluding hydrogens is 540 g/mol. The van der Waals surface area contributed by atoms with Gasteiger partial charge in [0.15, 0.2) is 11.5 Å². The third kappa shape index (κ3) is 8.02. The Morgan fingerprint density at radius 3 is 2.54 bits per heavy atom. The molecule has 9 nitrogen and oxygen atoms in total. The molecule has 1 aliphatic carbocycles. The zero-order chi connectivity index (χ0) is 28.4. The van der Waals surface area contributed by atoms with Gasteiger partial charge in [-0.2, -0.15) is 0 Å². The van der Waals surface area contributed by atoms with Crippen LogP contribution in [0.25, 0.3) is 10.2 Å². The molecule has 2 aliphatic rings. The maximum Gasteiger partial charge on any atom is 0.305 e. The first-order valence-corrected chi connectivity index (χ1v) is 15.8. The summed E-state index contributed by atoms with van der Waals surface area (Å²) in [6.45, 7) is 4.81. The van der Waals surface area contributed by atoms with Crippen molar-refractivity contribution in [3.05, 3.63) is 51.1 Å². The molecule has 0 spiro atoms. The van der Waals surface area contributed by atoms with Crippen LogP contribution in [0.2, 0.25) is 0 Å². The number of phenols is 1. The van der Waals surface area contributed by atoms with Gasteiger partial charge in [-0.25, -0.2) is 0 Å². The molecule has 41 heavy (non-hydrogen) atoms. The summed E-state index contributed by atoms with van der Waals surface area (Å²) >= 11 is 1.13. The zero-order valence-electron chi connectivity index (χ0n) is 23.7. The highest BCUT2D eigenvalue weighted by Gasteiger charge is 2.24. The van der Waals surface area contributed by atoms with Crippen molar-refractivity contribution in [1.82, 2.24) is 20.5 Å². The second kappa shape index (κ2) is 14.7. The standard InChI is InChI=1S/C31H42N4O5S/c36-25-9-8-23(30-29(25)34-31(38)41-30)12-15-33-17-18-35(24-5-3-1-2-4-6-24)28(37)13-16-32-14-11-22-7-10-26-27(21-22)40-20-19-39-26/h7-10,21,24,32-33,36H,1-6,11-20H2,(H,34,38). The quantitative estimate of drug-likeness (QED) is 0.178. The van der Waals surface area contributed by atoms with Crippen molar-refractivity contribution in [2.75, 3.05) is 45.9 Å². The Morgan fingerprint density at radius 2 is 1.71 bits per heavy atom. The lowest BCUT2D eigenvalue weighted by Gasteiger charge is -2.32. The number of aromatic hydroxyl groups is 1. The number of hydrogen-bond acceptors (Lipinski definition) is 8. The molecule has 2 heterocycles. The van der Waals surface area contributed by atoms with Gasteiger partial charge in [0, 0.05) is 32.1 Å². The van der Waals surface area contributed by atoms with Crippen molar-refractivity contribution in [3.8, 4) is 17.2 Å². The summed E-state index contributed by atoms with van der Waals surface area (Å²) in [5.41, 5.74) is 2.74. The fourth-order valence-electron chi connectivity index (χ4n) is 5.84. The number of nitrogens with zero attached hydrogens (tertiary/aromatic N) is 1. The molecular formula is C31H42N4O5S. The first-order chi connectivity index (χ1) is 20.1. The summed E-state index contributed by atoms with van der Waals surface area (Å²) in [7, 11) is 0. The molecule has 3 aromatic rings. The van der Waals surface area contributed by atoms with E-state index < -0.39 is 0 Å². The van der Waals surface area contributed by atoms with Crippen LogP contribution in [0, 0.1) is 0 Å². The molecule has 2 aromatic carbocycles. The lowest BCUT2D eigenvalue weighted by Crippen LogP contribution is -2.45. The number of aromatic nitrogens is 1. The van der Waals surface area contributed by atoms with Gasteiger partial charge in [0.2, 0.25) is 5.91 Å². The minimum absolute atomic E-state index is 0.102. The monoisotopic (exact) mass is 582 g/mol. The number of amides is 1. The number of carbonyl (C=O) groups is 1. The SMILES string of the molecule is O=C(CCNCCc1ccc2c(c1)OCCO2)N(CCNCCc1ccc(O)c2[nH]c(=O)sc12)C1CCCCCC1. The van der Waals surface area contributed by atoms with E-state index in [1.54, 1.807) is 6.07 Å². The van der Waals surface area contributed by atoms with Crippen molar-refractivity contribution in [2.24, 2.45) is 0 Å². The molecule has 1 aromatic heterocycles. The maximum atomic E-state index is 13.4. The topological polar surface area (TPSA) is 116 Å². The average Bonchev–Trinajstić information content (AvgIpc) is 3.19. The third-order valence-electron chi connectivity index (χ3n) is 8.04. The number of ether oxygens (including phenoxy) is 2.